The highest BCUT2D eigenvalue weighted by Crippen LogP contribution is 2.29. The lowest BCUT2D eigenvalue weighted by molar-refractivity contribution is 0.533. The molecule has 0 amide bonds. The molecule has 0 bridgehead atoms. The Hall–Kier alpha value is -1.95. The second kappa shape index (κ2) is 4.31. The third-order valence-corrected chi connectivity index (χ3v) is 4.13. The maximum Gasteiger partial charge on any atom is 0.250 e. The summed E-state index contributed by atoms with van der Waals surface area (Å²) in [5.74, 6) is 2.34. The van der Waals surface area contributed by atoms with E-state index in [4.69, 9.17) is 0 Å². The van der Waals surface area contributed by atoms with Gasteiger partial charge in [0.05, 0.1) is 5.69 Å². The van der Waals surface area contributed by atoms with Crippen molar-refractivity contribution in [3.05, 3.63) is 30.3 Å². The van der Waals surface area contributed by atoms with Gasteiger partial charge >= 0.3 is 0 Å². The fourth-order valence-corrected chi connectivity index (χ4v) is 3.13. The van der Waals surface area contributed by atoms with E-state index in [1.54, 1.807) is 0 Å². The molecular formula is C13H16N6. The van der Waals surface area contributed by atoms with Crippen LogP contribution in [-0.4, -0.2) is 46.4 Å². The van der Waals surface area contributed by atoms with E-state index in [9.17, 15) is 0 Å². The maximum absolute atomic E-state index is 4.21. The first-order valence-electron chi connectivity index (χ1n) is 6.71. The summed E-state index contributed by atoms with van der Waals surface area (Å²) >= 11 is 0. The van der Waals surface area contributed by atoms with Crippen LogP contribution in [0.25, 0.3) is 5.69 Å². The Kier molecular flexibility index (Phi) is 2.48. The molecule has 2 fully saturated rings. The van der Waals surface area contributed by atoms with Gasteiger partial charge in [0, 0.05) is 26.2 Å². The fraction of sp³-hybridized carbons (Fsp3) is 0.462. The van der Waals surface area contributed by atoms with E-state index in [2.05, 4.69) is 25.7 Å². The number of fused-ring (bicyclic) bond motifs is 1. The summed E-state index contributed by atoms with van der Waals surface area (Å²) in [6.45, 7) is 4.33. The van der Waals surface area contributed by atoms with Crippen LogP contribution in [0.5, 0.6) is 0 Å². The van der Waals surface area contributed by atoms with Crippen LogP contribution in [0.3, 0.4) is 0 Å². The van der Waals surface area contributed by atoms with Crippen molar-refractivity contribution in [2.45, 2.75) is 0 Å². The van der Waals surface area contributed by atoms with Gasteiger partial charge in [0.25, 0.3) is 0 Å². The van der Waals surface area contributed by atoms with Crippen molar-refractivity contribution in [2.75, 3.05) is 31.1 Å². The molecule has 6 heteroatoms. The number of para-hydroxylation sites is 1. The molecule has 0 spiro atoms. The molecule has 98 valence electrons. The first-order valence-corrected chi connectivity index (χ1v) is 6.71. The van der Waals surface area contributed by atoms with E-state index in [-0.39, 0.29) is 0 Å². The Morgan fingerprint density at radius 3 is 2.53 bits per heavy atom. The average molecular weight is 256 g/mol. The molecule has 2 aliphatic rings. The first kappa shape index (κ1) is 10.9. The van der Waals surface area contributed by atoms with Gasteiger partial charge in [0.1, 0.15) is 0 Å². The SMILES string of the molecule is c1ccc(-n2nnnc2N2C[C@@H]3CNC[C@H]3C2)cc1. The molecule has 2 atom stereocenters. The van der Waals surface area contributed by atoms with Crippen LogP contribution in [0.4, 0.5) is 5.95 Å². The molecular weight excluding hydrogens is 240 g/mol. The summed E-state index contributed by atoms with van der Waals surface area (Å²) in [5.41, 5.74) is 1.01. The third kappa shape index (κ3) is 1.79. The molecule has 1 aromatic heterocycles. The standard InChI is InChI=1S/C13H16N6/c1-2-4-12(5-3-1)19-13(15-16-17-19)18-8-10-6-14-7-11(10)9-18/h1-5,10-11,14H,6-9H2/t10-,11-/m0/s1. The first-order chi connectivity index (χ1) is 9.42. The number of hydrogen-bond donors (Lipinski definition) is 1. The number of nitrogens with one attached hydrogen (secondary N) is 1. The number of anilines is 1. The highest BCUT2D eigenvalue weighted by Gasteiger charge is 2.37. The molecule has 2 aliphatic heterocycles. The number of benzene rings is 1. The Labute approximate surface area is 111 Å². The molecule has 0 unspecified atom stereocenters. The van der Waals surface area contributed by atoms with Crippen molar-refractivity contribution in [3.63, 3.8) is 0 Å². The van der Waals surface area contributed by atoms with Gasteiger partial charge in [-0.15, -0.1) is 0 Å². The zero-order chi connectivity index (χ0) is 12.7. The summed E-state index contributed by atoms with van der Waals surface area (Å²) in [7, 11) is 0. The monoisotopic (exact) mass is 256 g/mol. The van der Waals surface area contributed by atoms with Gasteiger partial charge in [-0.2, -0.15) is 4.68 Å². The van der Waals surface area contributed by atoms with Crippen molar-refractivity contribution < 1.29 is 0 Å². The molecule has 4 rings (SSSR count). The van der Waals surface area contributed by atoms with E-state index in [0.29, 0.717) is 0 Å². The number of hydrogen-bond acceptors (Lipinski definition) is 5. The molecule has 0 saturated carbocycles. The summed E-state index contributed by atoms with van der Waals surface area (Å²) in [6, 6.07) is 10.1. The van der Waals surface area contributed by atoms with E-state index in [1.165, 1.54) is 0 Å². The Balaban J connectivity index is 1.65. The second-order valence-electron chi connectivity index (χ2n) is 5.31. The smallest absolute Gasteiger partial charge is 0.250 e. The van der Waals surface area contributed by atoms with Crippen LogP contribution in [0.1, 0.15) is 0 Å². The van der Waals surface area contributed by atoms with Crippen LogP contribution in [-0.2, 0) is 0 Å². The van der Waals surface area contributed by atoms with Crippen molar-refractivity contribution >= 4 is 5.95 Å². The minimum absolute atomic E-state index is 0.737. The third-order valence-electron chi connectivity index (χ3n) is 4.13. The van der Waals surface area contributed by atoms with Crippen molar-refractivity contribution in [1.29, 1.82) is 0 Å². The number of nitrogens with zero attached hydrogens (tertiary/aromatic N) is 5. The Morgan fingerprint density at radius 1 is 1.05 bits per heavy atom. The number of rotatable bonds is 2. The molecule has 2 saturated heterocycles. The van der Waals surface area contributed by atoms with Gasteiger partial charge in [-0.1, -0.05) is 23.3 Å². The van der Waals surface area contributed by atoms with Gasteiger partial charge in [0.15, 0.2) is 0 Å². The minimum atomic E-state index is 0.737. The highest BCUT2D eigenvalue weighted by molar-refractivity contribution is 5.41. The second-order valence-corrected chi connectivity index (χ2v) is 5.31. The van der Waals surface area contributed by atoms with Gasteiger partial charge in [-0.25, -0.2) is 0 Å². The Bertz CT molecular complexity index is 554. The van der Waals surface area contributed by atoms with Crippen LogP contribution >= 0.6 is 0 Å². The van der Waals surface area contributed by atoms with Gasteiger partial charge in [0.2, 0.25) is 5.95 Å². The average Bonchev–Trinajstić information content (AvgIpc) is 3.14. The summed E-state index contributed by atoms with van der Waals surface area (Å²) in [4.78, 5) is 2.31. The quantitative estimate of drug-likeness (QED) is 0.838. The van der Waals surface area contributed by atoms with Crippen molar-refractivity contribution in [1.82, 2.24) is 25.5 Å². The minimum Gasteiger partial charge on any atom is -0.339 e. The fourth-order valence-electron chi connectivity index (χ4n) is 3.13. The molecule has 19 heavy (non-hydrogen) atoms. The summed E-state index contributed by atoms with van der Waals surface area (Å²) < 4.78 is 1.83. The molecule has 0 aliphatic carbocycles. The summed E-state index contributed by atoms with van der Waals surface area (Å²) in [5, 5.41) is 15.6. The predicted octanol–water partition coefficient (Wildman–Crippen LogP) is 0.318. The lowest BCUT2D eigenvalue weighted by Crippen LogP contribution is -2.28. The Morgan fingerprint density at radius 2 is 1.79 bits per heavy atom. The van der Waals surface area contributed by atoms with Crippen molar-refractivity contribution in [2.24, 2.45) is 11.8 Å². The van der Waals surface area contributed by atoms with Crippen molar-refractivity contribution in [3.8, 4) is 5.69 Å². The summed E-state index contributed by atoms with van der Waals surface area (Å²) in [6.07, 6.45) is 0. The van der Waals surface area contributed by atoms with Gasteiger partial charge in [-0.3, -0.25) is 0 Å². The molecule has 3 heterocycles. The van der Waals surface area contributed by atoms with Gasteiger partial charge in [-0.05, 0) is 34.4 Å². The highest BCUT2D eigenvalue weighted by atomic mass is 15.6. The van der Waals surface area contributed by atoms with Crippen LogP contribution in [0.15, 0.2) is 30.3 Å². The maximum atomic E-state index is 4.21. The van der Waals surface area contributed by atoms with Crippen LogP contribution < -0.4 is 10.2 Å². The van der Waals surface area contributed by atoms with Gasteiger partial charge < -0.3 is 10.2 Å². The van der Waals surface area contributed by atoms with E-state index < -0.39 is 0 Å². The van der Waals surface area contributed by atoms with Crippen LogP contribution in [0, 0.1) is 11.8 Å². The lowest BCUT2D eigenvalue weighted by atomic mass is 10.0. The zero-order valence-corrected chi connectivity index (χ0v) is 10.6. The topological polar surface area (TPSA) is 58.9 Å². The normalized spacial score (nSPS) is 25.8. The van der Waals surface area contributed by atoms with E-state index >= 15 is 0 Å². The molecule has 1 N–H and O–H groups in total. The molecule has 2 aromatic rings. The largest absolute Gasteiger partial charge is 0.339 e. The molecule has 0 radical (unpaired) electrons. The predicted molar refractivity (Wildman–Crippen MR) is 71.2 cm³/mol. The van der Waals surface area contributed by atoms with E-state index in [0.717, 1.165) is 49.7 Å². The molecule has 1 aromatic carbocycles. The lowest BCUT2D eigenvalue weighted by Gasteiger charge is -2.17. The zero-order valence-electron chi connectivity index (χ0n) is 10.6. The number of tetrazole rings is 1. The van der Waals surface area contributed by atoms with Crippen LogP contribution in [0.2, 0.25) is 0 Å². The van der Waals surface area contributed by atoms with E-state index in [1.807, 2.05) is 35.0 Å². The molecule has 6 nitrogen and oxygen atoms in total. The number of aromatic nitrogens is 4.